The van der Waals surface area contributed by atoms with Gasteiger partial charge >= 0.3 is 6.03 Å². The molecule has 1 heterocycles. The van der Waals surface area contributed by atoms with Crippen LogP contribution in [-0.4, -0.2) is 117 Å². The average Bonchev–Trinajstić information content (AvgIpc) is 3.39. The lowest BCUT2D eigenvalue weighted by molar-refractivity contribution is -0.137. The highest BCUT2D eigenvalue weighted by Crippen LogP contribution is 2.24. The van der Waals surface area contributed by atoms with Gasteiger partial charge in [0.2, 0.25) is 23.6 Å². The van der Waals surface area contributed by atoms with E-state index < -0.39 is 41.7 Å². The number of nitrogens with two attached hydrogens (primary N) is 1. The zero-order chi connectivity index (χ0) is 37.1. The van der Waals surface area contributed by atoms with E-state index in [1.54, 1.807) is 33.0 Å². The summed E-state index contributed by atoms with van der Waals surface area (Å²) in [5, 5.41) is 25.7. The molecule has 276 valence electrons. The smallest absolute Gasteiger partial charge is 0.312 e. The number of nitrogens with zero attached hydrogens (tertiary/aromatic N) is 1. The Balaban J connectivity index is 1.92. The van der Waals surface area contributed by atoms with Gasteiger partial charge in [0.1, 0.15) is 24.4 Å². The molecule has 1 aliphatic heterocycles. The number of aliphatic hydroxyl groups excluding tert-OH is 1. The number of carbonyl (C=O) groups excluding carboxylic acids is 7. The van der Waals surface area contributed by atoms with Gasteiger partial charge < -0.3 is 52.2 Å². The fourth-order valence-corrected chi connectivity index (χ4v) is 4.62. The number of amides is 8. The Morgan fingerprint density at radius 2 is 1.64 bits per heavy atom. The summed E-state index contributed by atoms with van der Waals surface area (Å²) in [5.74, 6) is -2.76. The lowest BCUT2D eigenvalue weighted by Crippen LogP contribution is -2.55. The first kappa shape index (κ1) is 41.1. The van der Waals surface area contributed by atoms with Crippen LogP contribution in [0.15, 0.2) is 30.4 Å². The van der Waals surface area contributed by atoms with Crippen molar-refractivity contribution < 1.29 is 48.1 Å². The first-order chi connectivity index (χ1) is 23.9. The molecule has 1 unspecified atom stereocenters. The van der Waals surface area contributed by atoms with Crippen molar-refractivity contribution in [3.05, 3.63) is 35.9 Å². The maximum absolute atomic E-state index is 13.4. The molecule has 2 rings (SSSR count). The summed E-state index contributed by atoms with van der Waals surface area (Å²) in [5.41, 5.74) is 5.89. The standard InChI is InChI=1S/C32H48N8O10/c1-20(2)29(39-26(43)18-34-3)31(47)38-23(5-4-11-36-32(33)48)30(46)37-22-7-6-21(19-41)24(17-22)50-16-15-49-14-12-35-25(42)10-13-40-27(44)8-9-28(40)45/h6-9,17,20,23,29,34,41H,4-5,10-16,18-19H2,1-3H3,(H,35,42)(H,37,46)(H,38,47)(H,39,43)(H3,33,36,48)/t23-,29?/m0/s1. The van der Waals surface area contributed by atoms with Crippen LogP contribution in [0.25, 0.3) is 0 Å². The highest BCUT2D eigenvalue weighted by molar-refractivity contribution is 6.13. The van der Waals surface area contributed by atoms with Gasteiger partial charge in [0.05, 0.1) is 26.4 Å². The van der Waals surface area contributed by atoms with E-state index in [2.05, 4.69) is 31.9 Å². The Bertz CT molecular complexity index is 1370. The van der Waals surface area contributed by atoms with Crippen LogP contribution in [-0.2, 0) is 40.1 Å². The highest BCUT2D eigenvalue weighted by Gasteiger charge is 2.29. The lowest BCUT2D eigenvalue weighted by Gasteiger charge is -2.25. The van der Waals surface area contributed by atoms with Gasteiger partial charge in [-0.1, -0.05) is 19.9 Å². The number of carbonyl (C=O) groups is 7. The molecule has 0 saturated heterocycles. The summed E-state index contributed by atoms with van der Waals surface area (Å²) in [6, 6.07) is 1.96. The molecule has 18 nitrogen and oxygen atoms in total. The number of imide groups is 1. The van der Waals surface area contributed by atoms with Crippen LogP contribution in [0, 0.1) is 5.92 Å². The fraction of sp³-hybridized carbons (Fsp3) is 0.531. The minimum absolute atomic E-state index is 0.00485. The third kappa shape index (κ3) is 14.6. The van der Waals surface area contributed by atoms with Gasteiger partial charge in [-0.05, 0) is 31.9 Å². The topological polar surface area (TPSA) is 260 Å². The molecule has 0 fully saturated rings. The summed E-state index contributed by atoms with van der Waals surface area (Å²) in [6.07, 6.45) is 2.71. The summed E-state index contributed by atoms with van der Waals surface area (Å²) in [7, 11) is 1.60. The molecule has 1 aromatic rings. The van der Waals surface area contributed by atoms with Gasteiger partial charge in [0, 0.05) is 55.5 Å². The number of hydrogen-bond acceptors (Lipinski definition) is 11. The molecule has 0 bridgehead atoms. The number of primary amides is 1. The van der Waals surface area contributed by atoms with Crippen molar-refractivity contribution in [3.8, 4) is 5.75 Å². The van der Waals surface area contributed by atoms with Gasteiger partial charge in [-0.2, -0.15) is 0 Å². The van der Waals surface area contributed by atoms with Crippen LogP contribution in [0.1, 0.15) is 38.7 Å². The monoisotopic (exact) mass is 704 g/mol. The SMILES string of the molecule is CNCC(=O)NC(C(=O)N[C@@H](CCCNC(N)=O)C(=O)Nc1ccc(CO)c(OCCOCCNC(=O)CCN2C(=O)C=CC2=O)c1)C(C)C. The molecule has 9 N–H and O–H groups in total. The number of hydrogen-bond donors (Lipinski definition) is 8. The van der Waals surface area contributed by atoms with Crippen LogP contribution >= 0.6 is 0 Å². The highest BCUT2D eigenvalue weighted by atomic mass is 16.5. The van der Waals surface area contributed by atoms with Gasteiger partial charge in [-0.25, -0.2) is 4.79 Å². The van der Waals surface area contributed by atoms with Crippen molar-refractivity contribution in [3.63, 3.8) is 0 Å². The number of likely N-dealkylation sites (N-methyl/N-ethyl adjacent to an activating group) is 1. The number of rotatable bonds is 23. The maximum atomic E-state index is 13.4. The minimum Gasteiger partial charge on any atom is -0.491 e. The molecular weight excluding hydrogens is 656 g/mol. The fourth-order valence-electron chi connectivity index (χ4n) is 4.62. The van der Waals surface area contributed by atoms with Crippen molar-refractivity contribution in [2.45, 2.75) is 51.8 Å². The predicted molar refractivity (Wildman–Crippen MR) is 180 cm³/mol. The van der Waals surface area contributed by atoms with Crippen LogP contribution in [0.4, 0.5) is 10.5 Å². The Morgan fingerprint density at radius 1 is 0.920 bits per heavy atom. The third-order valence-corrected chi connectivity index (χ3v) is 7.23. The van der Waals surface area contributed by atoms with E-state index in [0.717, 1.165) is 17.1 Å². The number of aliphatic hydroxyl groups is 1. The van der Waals surface area contributed by atoms with Crippen LogP contribution in [0.3, 0.4) is 0 Å². The summed E-state index contributed by atoms with van der Waals surface area (Å²) in [6.45, 7) is 3.90. The van der Waals surface area contributed by atoms with E-state index in [1.807, 2.05) is 0 Å². The molecule has 0 radical (unpaired) electrons. The van der Waals surface area contributed by atoms with Crippen molar-refractivity contribution in [2.24, 2.45) is 11.7 Å². The summed E-state index contributed by atoms with van der Waals surface area (Å²) in [4.78, 5) is 85.9. The van der Waals surface area contributed by atoms with Crippen molar-refractivity contribution >= 4 is 47.2 Å². The summed E-state index contributed by atoms with van der Waals surface area (Å²) >= 11 is 0. The molecule has 2 atom stereocenters. The maximum Gasteiger partial charge on any atom is 0.312 e. The van der Waals surface area contributed by atoms with E-state index in [9.17, 15) is 38.7 Å². The zero-order valence-electron chi connectivity index (χ0n) is 28.5. The normalized spacial score (nSPS) is 13.5. The van der Waals surface area contributed by atoms with Crippen molar-refractivity contribution in [1.29, 1.82) is 0 Å². The molecule has 1 aliphatic rings. The molecule has 8 amide bonds. The third-order valence-electron chi connectivity index (χ3n) is 7.23. The molecular formula is C32H48N8O10. The largest absolute Gasteiger partial charge is 0.491 e. The number of ether oxygens (including phenoxy) is 2. The Labute approximate surface area is 290 Å². The number of nitrogens with one attached hydrogen (secondary N) is 6. The molecule has 18 heteroatoms. The van der Waals surface area contributed by atoms with Gasteiger partial charge in [-0.3, -0.25) is 33.7 Å². The number of anilines is 1. The van der Waals surface area contributed by atoms with Gasteiger partial charge in [0.25, 0.3) is 11.8 Å². The molecule has 0 spiro atoms. The summed E-state index contributed by atoms with van der Waals surface area (Å²) < 4.78 is 11.3. The number of urea groups is 1. The van der Waals surface area contributed by atoms with E-state index in [-0.39, 0.29) is 88.9 Å². The molecule has 0 aromatic heterocycles. The van der Waals surface area contributed by atoms with E-state index in [1.165, 1.54) is 6.07 Å². The lowest BCUT2D eigenvalue weighted by atomic mass is 10.0. The average molecular weight is 705 g/mol. The van der Waals surface area contributed by atoms with Gasteiger partial charge in [-0.15, -0.1) is 0 Å². The first-order valence-electron chi connectivity index (χ1n) is 16.2. The van der Waals surface area contributed by atoms with Crippen molar-refractivity contribution in [1.82, 2.24) is 31.5 Å². The first-order valence-corrected chi connectivity index (χ1v) is 16.2. The predicted octanol–water partition coefficient (Wildman–Crippen LogP) is -1.76. The second-order valence-electron chi connectivity index (χ2n) is 11.5. The van der Waals surface area contributed by atoms with E-state index >= 15 is 0 Å². The molecule has 0 saturated carbocycles. The quantitative estimate of drug-likeness (QED) is 0.0467. The Kier molecular flexibility index (Phi) is 17.9. The van der Waals surface area contributed by atoms with Crippen molar-refractivity contribution in [2.75, 3.05) is 58.4 Å². The molecule has 50 heavy (non-hydrogen) atoms. The molecule has 0 aliphatic carbocycles. The second-order valence-corrected chi connectivity index (χ2v) is 11.5. The van der Waals surface area contributed by atoms with E-state index in [0.29, 0.717) is 17.7 Å². The Hall–Kier alpha value is -5.07. The van der Waals surface area contributed by atoms with E-state index in [4.69, 9.17) is 15.2 Å². The van der Waals surface area contributed by atoms with Crippen LogP contribution in [0.2, 0.25) is 0 Å². The Morgan fingerprint density at radius 3 is 2.28 bits per heavy atom. The van der Waals surface area contributed by atoms with Gasteiger partial charge in [0.15, 0.2) is 0 Å². The second kappa shape index (κ2) is 21.8. The minimum atomic E-state index is -1.04. The van der Waals surface area contributed by atoms with Crippen LogP contribution < -0.4 is 42.4 Å². The zero-order valence-corrected chi connectivity index (χ0v) is 28.5. The number of benzene rings is 1. The van der Waals surface area contributed by atoms with Crippen LogP contribution in [0.5, 0.6) is 5.75 Å². The molecule has 1 aromatic carbocycles.